The average Bonchev–Trinajstić information content (AvgIpc) is 3.01. The van der Waals surface area contributed by atoms with Gasteiger partial charge in [-0.15, -0.1) is 5.10 Å². The predicted octanol–water partition coefficient (Wildman–Crippen LogP) is 1.03. The number of carbonyl (C=O) groups excluding carboxylic acids is 1. The van der Waals surface area contributed by atoms with Crippen LogP contribution in [0.15, 0.2) is 18.3 Å². The molecular formula is C16H25N5O. The Bertz CT molecular complexity index is 509. The third-order valence-corrected chi connectivity index (χ3v) is 5.00. The number of aromatic nitrogens is 2. The SMILES string of the molecule is CN(C(=O)C1CCC(N)C1)C1CCCN(c2cccnn2)C1. The quantitative estimate of drug-likeness (QED) is 0.902. The van der Waals surface area contributed by atoms with Crippen LogP contribution in [-0.2, 0) is 4.79 Å². The zero-order chi connectivity index (χ0) is 15.5. The zero-order valence-electron chi connectivity index (χ0n) is 13.2. The predicted molar refractivity (Wildman–Crippen MR) is 85.4 cm³/mol. The molecule has 0 spiro atoms. The first-order valence-electron chi connectivity index (χ1n) is 8.20. The summed E-state index contributed by atoms with van der Waals surface area (Å²) >= 11 is 0. The summed E-state index contributed by atoms with van der Waals surface area (Å²) in [4.78, 5) is 16.8. The van der Waals surface area contributed by atoms with E-state index in [9.17, 15) is 4.79 Å². The summed E-state index contributed by atoms with van der Waals surface area (Å²) in [5.74, 6) is 1.28. The number of hydrogen-bond donors (Lipinski definition) is 1. The monoisotopic (exact) mass is 303 g/mol. The highest BCUT2D eigenvalue weighted by Crippen LogP contribution is 2.28. The number of rotatable bonds is 3. The van der Waals surface area contributed by atoms with E-state index in [-0.39, 0.29) is 23.9 Å². The second-order valence-electron chi connectivity index (χ2n) is 6.54. The number of amides is 1. The van der Waals surface area contributed by atoms with Crippen molar-refractivity contribution in [1.82, 2.24) is 15.1 Å². The fraction of sp³-hybridized carbons (Fsp3) is 0.688. The molecule has 1 aliphatic heterocycles. The van der Waals surface area contributed by atoms with Gasteiger partial charge in [-0.3, -0.25) is 4.79 Å². The number of hydrogen-bond acceptors (Lipinski definition) is 5. The van der Waals surface area contributed by atoms with Gasteiger partial charge in [0, 0.05) is 44.3 Å². The van der Waals surface area contributed by atoms with Gasteiger partial charge in [0.15, 0.2) is 5.82 Å². The van der Waals surface area contributed by atoms with Crippen molar-refractivity contribution >= 4 is 11.7 Å². The van der Waals surface area contributed by atoms with Crippen molar-refractivity contribution in [2.45, 2.75) is 44.2 Å². The highest BCUT2D eigenvalue weighted by Gasteiger charge is 2.34. The van der Waals surface area contributed by atoms with E-state index in [1.54, 1.807) is 6.20 Å². The molecule has 3 unspecified atom stereocenters. The molecule has 2 N–H and O–H groups in total. The van der Waals surface area contributed by atoms with Crippen LogP contribution < -0.4 is 10.6 Å². The van der Waals surface area contributed by atoms with E-state index in [2.05, 4.69) is 15.1 Å². The van der Waals surface area contributed by atoms with E-state index in [0.29, 0.717) is 0 Å². The van der Waals surface area contributed by atoms with Crippen LogP contribution in [-0.4, -0.2) is 53.2 Å². The minimum Gasteiger partial charge on any atom is -0.353 e. The first-order valence-corrected chi connectivity index (χ1v) is 8.20. The lowest BCUT2D eigenvalue weighted by molar-refractivity contribution is -0.136. The molecular weight excluding hydrogens is 278 g/mol. The lowest BCUT2D eigenvalue weighted by Gasteiger charge is -2.38. The minimum absolute atomic E-state index is 0.117. The van der Waals surface area contributed by atoms with Gasteiger partial charge in [-0.25, -0.2) is 0 Å². The molecule has 2 aliphatic rings. The Labute approximate surface area is 131 Å². The second-order valence-corrected chi connectivity index (χ2v) is 6.54. The summed E-state index contributed by atoms with van der Waals surface area (Å²) in [5.41, 5.74) is 5.95. The summed E-state index contributed by atoms with van der Waals surface area (Å²) in [6, 6.07) is 4.33. The topological polar surface area (TPSA) is 75.3 Å². The Morgan fingerprint density at radius 3 is 2.95 bits per heavy atom. The number of anilines is 1. The van der Waals surface area contributed by atoms with Gasteiger partial charge in [0.2, 0.25) is 5.91 Å². The number of piperidine rings is 1. The van der Waals surface area contributed by atoms with Crippen LogP contribution in [0.1, 0.15) is 32.1 Å². The Hall–Kier alpha value is -1.69. The minimum atomic E-state index is 0.117. The van der Waals surface area contributed by atoms with E-state index >= 15 is 0 Å². The molecule has 0 radical (unpaired) electrons. The van der Waals surface area contributed by atoms with Crippen LogP contribution in [0, 0.1) is 5.92 Å². The summed E-state index contributed by atoms with van der Waals surface area (Å²) in [7, 11) is 1.94. The highest BCUT2D eigenvalue weighted by atomic mass is 16.2. The fourth-order valence-electron chi connectivity index (χ4n) is 3.65. The third kappa shape index (κ3) is 3.21. The van der Waals surface area contributed by atoms with Crippen LogP contribution in [0.3, 0.4) is 0 Å². The van der Waals surface area contributed by atoms with E-state index in [0.717, 1.165) is 51.0 Å². The maximum absolute atomic E-state index is 12.7. The largest absolute Gasteiger partial charge is 0.353 e. The van der Waals surface area contributed by atoms with Crippen molar-refractivity contribution in [2.24, 2.45) is 11.7 Å². The zero-order valence-corrected chi connectivity index (χ0v) is 13.2. The Morgan fingerprint density at radius 1 is 1.41 bits per heavy atom. The Kier molecular flexibility index (Phi) is 4.57. The molecule has 6 nitrogen and oxygen atoms in total. The molecule has 3 atom stereocenters. The summed E-state index contributed by atoms with van der Waals surface area (Å²) in [6.45, 7) is 1.81. The first kappa shape index (κ1) is 15.2. The molecule has 22 heavy (non-hydrogen) atoms. The highest BCUT2D eigenvalue weighted by molar-refractivity contribution is 5.79. The van der Waals surface area contributed by atoms with Crippen LogP contribution in [0.2, 0.25) is 0 Å². The standard InChI is InChI=1S/C16H25N5O/c1-20(16(22)12-6-7-13(17)10-12)14-4-3-9-21(11-14)15-5-2-8-18-19-15/h2,5,8,12-14H,3-4,6-7,9-11,17H2,1H3. The average molecular weight is 303 g/mol. The molecule has 0 aromatic carbocycles. The molecule has 1 aromatic rings. The van der Waals surface area contributed by atoms with Crippen molar-refractivity contribution in [1.29, 1.82) is 0 Å². The van der Waals surface area contributed by atoms with Gasteiger partial charge in [-0.05, 0) is 44.2 Å². The van der Waals surface area contributed by atoms with Gasteiger partial charge in [-0.2, -0.15) is 5.10 Å². The maximum Gasteiger partial charge on any atom is 0.225 e. The molecule has 2 fully saturated rings. The van der Waals surface area contributed by atoms with E-state index in [1.165, 1.54) is 0 Å². The fourth-order valence-corrected chi connectivity index (χ4v) is 3.65. The molecule has 1 aromatic heterocycles. The van der Waals surface area contributed by atoms with Crippen LogP contribution in [0.25, 0.3) is 0 Å². The van der Waals surface area contributed by atoms with Gasteiger partial charge >= 0.3 is 0 Å². The smallest absolute Gasteiger partial charge is 0.225 e. The maximum atomic E-state index is 12.7. The van der Waals surface area contributed by atoms with Crippen molar-refractivity contribution in [3.05, 3.63) is 18.3 Å². The molecule has 0 bridgehead atoms. The van der Waals surface area contributed by atoms with Crippen molar-refractivity contribution in [3.8, 4) is 0 Å². The van der Waals surface area contributed by atoms with Crippen molar-refractivity contribution < 1.29 is 4.79 Å². The van der Waals surface area contributed by atoms with Gasteiger partial charge < -0.3 is 15.5 Å². The summed E-state index contributed by atoms with van der Waals surface area (Å²) in [5, 5.41) is 8.13. The molecule has 2 heterocycles. The second kappa shape index (κ2) is 6.60. The van der Waals surface area contributed by atoms with Gasteiger partial charge in [0.25, 0.3) is 0 Å². The molecule has 1 saturated heterocycles. The van der Waals surface area contributed by atoms with E-state index in [4.69, 9.17) is 5.73 Å². The van der Waals surface area contributed by atoms with Gasteiger partial charge in [-0.1, -0.05) is 0 Å². The van der Waals surface area contributed by atoms with Crippen molar-refractivity contribution in [2.75, 3.05) is 25.0 Å². The van der Waals surface area contributed by atoms with E-state index in [1.807, 2.05) is 24.1 Å². The number of carbonyl (C=O) groups is 1. The summed E-state index contributed by atoms with van der Waals surface area (Å²) in [6.07, 6.45) is 6.56. The summed E-state index contributed by atoms with van der Waals surface area (Å²) < 4.78 is 0. The normalized spacial score (nSPS) is 28.6. The molecule has 1 aliphatic carbocycles. The van der Waals surface area contributed by atoms with Gasteiger partial charge in [0.05, 0.1) is 0 Å². The third-order valence-electron chi connectivity index (χ3n) is 5.00. The Balaban J connectivity index is 1.63. The van der Waals surface area contributed by atoms with E-state index < -0.39 is 0 Å². The molecule has 1 amide bonds. The Morgan fingerprint density at radius 2 is 2.27 bits per heavy atom. The van der Waals surface area contributed by atoms with Crippen LogP contribution in [0.5, 0.6) is 0 Å². The number of likely N-dealkylation sites (N-methyl/N-ethyl adjacent to an activating group) is 1. The van der Waals surface area contributed by atoms with Crippen LogP contribution in [0.4, 0.5) is 5.82 Å². The van der Waals surface area contributed by atoms with Crippen LogP contribution >= 0.6 is 0 Å². The lowest BCUT2D eigenvalue weighted by Crippen LogP contribution is -2.50. The van der Waals surface area contributed by atoms with Gasteiger partial charge in [0.1, 0.15) is 0 Å². The number of nitrogens with two attached hydrogens (primary N) is 1. The molecule has 3 rings (SSSR count). The molecule has 6 heteroatoms. The number of nitrogens with zero attached hydrogens (tertiary/aromatic N) is 4. The van der Waals surface area contributed by atoms with Crippen molar-refractivity contribution in [3.63, 3.8) is 0 Å². The molecule has 1 saturated carbocycles. The lowest BCUT2D eigenvalue weighted by atomic mass is 10.0. The first-order chi connectivity index (χ1) is 10.6. The molecule has 120 valence electrons.